The molecule has 2 aliphatic rings. The van der Waals surface area contributed by atoms with Crippen LogP contribution in [0.4, 0.5) is 0 Å². The molecule has 0 bridgehead atoms. The van der Waals surface area contributed by atoms with Crippen LogP contribution < -0.4 is 10.6 Å². The maximum atomic E-state index is 6.20. The molecule has 3 heterocycles. The third-order valence-electron chi connectivity index (χ3n) is 3.41. The number of nitrogens with one attached hydrogen (secondary N) is 2. The number of hydrogen-bond donors (Lipinski definition) is 2. The lowest BCUT2D eigenvalue weighted by Crippen LogP contribution is -2.55. The summed E-state index contributed by atoms with van der Waals surface area (Å²) in [5.74, 6) is 0.685. The molecule has 16 heavy (non-hydrogen) atoms. The normalized spacial score (nSPS) is 29.4. The summed E-state index contributed by atoms with van der Waals surface area (Å²) < 4.78 is 11.5. The van der Waals surface area contributed by atoms with Crippen molar-refractivity contribution in [2.24, 2.45) is 0 Å². The Morgan fingerprint density at radius 1 is 1.31 bits per heavy atom. The van der Waals surface area contributed by atoms with Crippen LogP contribution >= 0.6 is 0 Å². The standard InChI is InChI=1S/C11H17N3O2/c1-3-12-4-2-11(1)8-13-7-9(16-11)10-14-5-6-15-10/h5-6,9,12-13H,1-4,7-8H2. The van der Waals surface area contributed by atoms with Gasteiger partial charge in [0.05, 0.1) is 11.8 Å². The molecule has 1 atom stereocenters. The van der Waals surface area contributed by atoms with Gasteiger partial charge < -0.3 is 19.8 Å². The number of piperidine rings is 1. The van der Waals surface area contributed by atoms with E-state index in [1.165, 1.54) is 0 Å². The van der Waals surface area contributed by atoms with Crippen molar-refractivity contribution in [1.82, 2.24) is 15.6 Å². The Bertz CT molecular complexity index is 327. The minimum absolute atomic E-state index is 0.0252. The van der Waals surface area contributed by atoms with Crippen molar-refractivity contribution in [2.75, 3.05) is 26.2 Å². The summed E-state index contributed by atoms with van der Waals surface area (Å²) in [5, 5.41) is 6.79. The van der Waals surface area contributed by atoms with E-state index >= 15 is 0 Å². The number of rotatable bonds is 1. The summed E-state index contributed by atoms with van der Waals surface area (Å²) in [5.41, 5.74) is -0.0252. The van der Waals surface area contributed by atoms with Crippen LogP contribution in [0.25, 0.3) is 0 Å². The van der Waals surface area contributed by atoms with Gasteiger partial charge in [0.2, 0.25) is 5.89 Å². The van der Waals surface area contributed by atoms with Gasteiger partial charge in [-0.15, -0.1) is 0 Å². The Morgan fingerprint density at radius 3 is 2.94 bits per heavy atom. The quantitative estimate of drug-likeness (QED) is 0.724. The van der Waals surface area contributed by atoms with E-state index in [9.17, 15) is 0 Å². The molecular formula is C11H17N3O2. The smallest absolute Gasteiger partial charge is 0.224 e. The highest BCUT2D eigenvalue weighted by Crippen LogP contribution is 2.32. The first kappa shape index (κ1) is 10.3. The van der Waals surface area contributed by atoms with Crippen molar-refractivity contribution in [2.45, 2.75) is 24.5 Å². The van der Waals surface area contributed by atoms with E-state index < -0.39 is 0 Å². The number of nitrogens with zero attached hydrogens (tertiary/aromatic N) is 1. The summed E-state index contributed by atoms with van der Waals surface area (Å²) >= 11 is 0. The Hall–Kier alpha value is -0.910. The fourth-order valence-electron chi connectivity index (χ4n) is 2.52. The topological polar surface area (TPSA) is 59.3 Å². The van der Waals surface area contributed by atoms with E-state index in [2.05, 4.69) is 15.6 Å². The summed E-state index contributed by atoms with van der Waals surface area (Å²) in [4.78, 5) is 4.17. The van der Waals surface area contributed by atoms with E-state index in [4.69, 9.17) is 9.15 Å². The molecule has 1 aromatic rings. The number of hydrogen-bond acceptors (Lipinski definition) is 5. The zero-order valence-electron chi connectivity index (χ0n) is 9.24. The first-order chi connectivity index (χ1) is 7.88. The minimum Gasteiger partial charge on any atom is -0.446 e. The van der Waals surface area contributed by atoms with Crippen LogP contribution in [0.1, 0.15) is 24.8 Å². The Labute approximate surface area is 94.6 Å². The molecule has 0 amide bonds. The highest BCUT2D eigenvalue weighted by atomic mass is 16.5. The van der Waals surface area contributed by atoms with Crippen molar-refractivity contribution in [3.8, 4) is 0 Å². The molecule has 1 spiro atoms. The molecule has 2 saturated heterocycles. The minimum atomic E-state index is -0.0400. The van der Waals surface area contributed by atoms with Crippen LogP contribution in [0.3, 0.4) is 0 Å². The highest BCUT2D eigenvalue weighted by Gasteiger charge is 2.39. The Morgan fingerprint density at radius 2 is 2.19 bits per heavy atom. The van der Waals surface area contributed by atoms with Gasteiger partial charge in [-0.05, 0) is 25.9 Å². The molecule has 5 heteroatoms. The second-order valence-corrected chi connectivity index (χ2v) is 4.54. The van der Waals surface area contributed by atoms with Crippen molar-refractivity contribution in [3.05, 3.63) is 18.4 Å². The van der Waals surface area contributed by atoms with E-state index in [-0.39, 0.29) is 11.7 Å². The average Bonchev–Trinajstić information content (AvgIpc) is 2.83. The molecule has 2 N–H and O–H groups in total. The van der Waals surface area contributed by atoms with E-state index in [0.717, 1.165) is 39.0 Å². The molecule has 0 aliphatic carbocycles. The second kappa shape index (κ2) is 4.16. The summed E-state index contributed by atoms with van der Waals surface area (Å²) in [6.07, 6.45) is 5.33. The second-order valence-electron chi connectivity index (χ2n) is 4.54. The third kappa shape index (κ3) is 1.86. The van der Waals surface area contributed by atoms with Crippen LogP contribution in [-0.4, -0.2) is 36.8 Å². The van der Waals surface area contributed by atoms with Gasteiger partial charge in [-0.3, -0.25) is 0 Å². The van der Waals surface area contributed by atoms with Crippen molar-refractivity contribution in [1.29, 1.82) is 0 Å². The van der Waals surface area contributed by atoms with Crippen LogP contribution in [0.5, 0.6) is 0 Å². The van der Waals surface area contributed by atoms with Crippen LogP contribution in [0, 0.1) is 0 Å². The fourth-order valence-corrected chi connectivity index (χ4v) is 2.52. The zero-order valence-corrected chi connectivity index (χ0v) is 9.24. The van der Waals surface area contributed by atoms with E-state index in [1.54, 1.807) is 12.5 Å². The van der Waals surface area contributed by atoms with Crippen molar-refractivity contribution in [3.63, 3.8) is 0 Å². The lowest BCUT2D eigenvalue weighted by atomic mass is 9.90. The van der Waals surface area contributed by atoms with E-state index in [1.807, 2.05) is 0 Å². The molecule has 3 rings (SSSR count). The third-order valence-corrected chi connectivity index (χ3v) is 3.41. The van der Waals surface area contributed by atoms with Gasteiger partial charge in [0.15, 0.2) is 0 Å². The van der Waals surface area contributed by atoms with Gasteiger partial charge in [-0.25, -0.2) is 4.98 Å². The Balaban J connectivity index is 1.74. The zero-order chi connectivity index (χ0) is 10.8. The molecule has 88 valence electrons. The molecule has 0 saturated carbocycles. The van der Waals surface area contributed by atoms with Gasteiger partial charge in [-0.2, -0.15) is 0 Å². The van der Waals surface area contributed by atoms with Gasteiger partial charge in [0, 0.05) is 13.1 Å². The summed E-state index contributed by atoms with van der Waals surface area (Å²) in [7, 11) is 0. The first-order valence-electron chi connectivity index (χ1n) is 5.87. The number of aromatic nitrogens is 1. The number of morpholine rings is 1. The van der Waals surface area contributed by atoms with Crippen LogP contribution in [0.15, 0.2) is 16.9 Å². The summed E-state index contributed by atoms with van der Waals surface area (Å²) in [6.45, 7) is 3.78. The average molecular weight is 223 g/mol. The Kier molecular flexibility index (Phi) is 2.67. The van der Waals surface area contributed by atoms with Crippen molar-refractivity contribution >= 4 is 0 Å². The van der Waals surface area contributed by atoms with Crippen LogP contribution in [0.2, 0.25) is 0 Å². The fraction of sp³-hybridized carbons (Fsp3) is 0.727. The maximum absolute atomic E-state index is 6.20. The largest absolute Gasteiger partial charge is 0.446 e. The molecule has 1 unspecified atom stereocenters. The SMILES string of the molecule is c1coc(C2CNCC3(CCNCC3)O2)n1. The van der Waals surface area contributed by atoms with Gasteiger partial charge in [-0.1, -0.05) is 0 Å². The molecule has 2 fully saturated rings. The monoisotopic (exact) mass is 223 g/mol. The molecule has 2 aliphatic heterocycles. The molecule has 5 nitrogen and oxygen atoms in total. The predicted octanol–water partition coefficient (Wildman–Crippen LogP) is 0.458. The number of oxazole rings is 1. The molecule has 0 radical (unpaired) electrons. The lowest BCUT2D eigenvalue weighted by molar-refractivity contribution is -0.139. The van der Waals surface area contributed by atoms with Crippen LogP contribution in [-0.2, 0) is 4.74 Å². The molecule has 1 aromatic heterocycles. The van der Waals surface area contributed by atoms with Gasteiger partial charge in [0.1, 0.15) is 12.4 Å². The maximum Gasteiger partial charge on any atom is 0.224 e. The van der Waals surface area contributed by atoms with Gasteiger partial charge >= 0.3 is 0 Å². The molecule has 0 aromatic carbocycles. The number of ether oxygens (including phenoxy) is 1. The molecular weight excluding hydrogens is 206 g/mol. The lowest BCUT2D eigenvalue weighted by Gasteiger charge is -2.43. The van der Waals surface area contributed by atoms with Crippen molar-refractivity contribution < 1.29 is 9.15 Å². The predicted molar refractivity (Wildman–Crippen MR) is 58.0 cm³/mol. The van der Waals surface area contributed by atoms with Gasteiger partial charge in [0.25, 0.3) is 0 Å². The first-order valence-corrected chi connectivity index (χ1v) is 5.87. The van der Waals surface area contributed by atoms with E-state index in [0.29, 0.717) is 5.89 Å². The summed E-state index contributed by atoms with van der Waals surface area (Å²) in [6, 6.07) is 0. The highest BCUT2D eigenvalue weighted by molar-refractivity contribution is 4.97.